The summed E-state index contributed by atoms with van der Waals surface area (Å²) in [6, 6.07) is 1.88. The van der Waals surface area contributed by atoms with Crippen molar-refractivity contribution in [1.29, 1.82) is 0 Å². The van der Waals surface area contributed by atoms with E-state index in [1.54, 1.807) is 12.3 Å². The average Bonchev–Trinajstić information content (AvgIpc) is 2.93. The van der Waals surface area contributed by atoms with Gasteiger partial charge in [0.15, 0.2) is 0 Å². The molecule has 7 heteroatoms. The number of carbonyl (C=O) groups is 1. The number of hydrogen-bond acceptors (Lipinski definition) is 4. The minimum Gasteiger partial charge on any atom is -0.352 e. The highest BCUT2D eigenvalue weighted by molar-refractivity contribution is 6.36. The molecule has 1 aliphatic carbocycles. The van der Waals surface area contributed by atoms with Gasteiger partial charge in [0, 0.05) is 44.3 Å². The van der Waals surface area contributed by atoms with Crippen LogP contribution in [0.2, 0.25) is 10.0 Å². The first kappa shape index (κ1) is 15.8. The number of nitrogens with two attached hydrogens (primary N) is 1. The third kappa shape index (κ3) is 3.31. The summed E-state index contributed by atoms with van der Waals surface area (Å²) in [6.45, 7) is 2.87. The van der Waals surface area contributed by atoms with Crippen LogP contribution < -0.4 is 10.6 Å². The molecule has 2 unspecified atom stereocenters. The maximum absolute atomic E-state index is 12.5. The van der Waals surface area contributed by atoms with E-state index in [0.29, 0.717) is 23.1 Å². The Hall–Kier alpha value is -1.04. The maximum atomic E-state index is 12.5. The smallest absolute Gasteiger partial charge is 0.225 e. The van der Waals surface area contributed by atoms with Crippen LogP contribution in [0.1, 0.15) is 19.3 Å². The molecule has 0 aromatic carbocycles. The molecule has 3 rings (SSSR count). The van der Waals surface area contributed by atoms with Crippen molar-refractivity contribution in [3.8, 4) is 0 Å². The van der Waals surface area contributed by atoms with Gasteiger partial charge in [0.1, 0.15) is 5.82 Å². The van der Waals surface area contributed by atoms with Crippen LogP contribution in [-0.4, -0.2) is 48.0 Å². The number of halogens is 2. The van der Waals surface area contributed by atoms with Gasteiger partial charge in [-0.3, -0.25) is 4.79 Å². The Kier molecular flexibility index (Phi) is 4.76. The maximum Gasteiger partial charge on any atom is 0.225 e. The summed E-state index contributed by atoms with van der Waals surface area (Å²) in [4.78, 5) is 20.8. The van der Waals surface area contributed by atoms with Gasteiger partial charge < -0.3 is 15.5 Å². The number of pyridine rings is 1. The van der Waals surface area contributed by atoms with Crippen molar-refractivity contribution in [2.45, 2.75) is 25.3 Å². The molecular formula is C15H20Cl2N4O. The summed E-state index contributed by atoms with van der Waals surface area (Å²) in [5.41, 5.74) is 5.91. The first-order valence-corrected chi connectivity index (χ1v) is 8.40. The van der Waals surface area contributed by atoms with Gasteiger partial charge in [-0.05, 0) is 25.3 Å². The molecule has 0 radical (unpaired) electrons. The van der Waals surface area contributed by atoms with Crippen molar-refractivity contribution in [3.63, 3.8) is 0 Å². The first-order valence-electron chi connectivity index (χ1n) is 7.65. The van der Waals surface area contributed by atoms with Gasteiger partial charge in [-0.25, -0.2) is 4.98 Å². The quantitative estimate of drug-likeness (QED) is 0.894. The second kappa shape index (κ2) is 6.60. The minimum atomic E-state index is 0.110. The molecule has 2 N–H and O–H groups in total. The molecule has 1 saturated heterocycles. The molecule has 0 spiro atoms. The summed E-state index contributed by atoms with van der Waals surface area (Å²) >= 11 is 12.1. The molecule has 1 aromatic rings. The van der Waals surface area contributed by atoms with Crippen LogP contribution in [0, 0.1) is 5.92 Å². The van der Waals surface area contributed by atoms with E-state index in [0.717, 1.165) is 38.2 Å². The molecule has 2 fully saturated rings. The highest BCUT2D eigenvalue weighted by Gasteiger charge is 2.32. The fourth-order valence-corrected chi connectivity index (χ4v) is 3.78. The van der Waals surface area contributed by atoms with Crippen LogP contribution in [0.25, 0.3) is 0 Å². The molecule has 1 aliphatic heterocycles. The van der Waals surface area contributed by atoms with E-state index in [-0.39, 0.29) is 17.9 Å². The first-order chi connectivity index (χ1) is 10.5. The molecule has 0 bridgehead atoms. The Morgan fingerprint density at radius 3 is 2.55 bits per heavy atom. The van der Waals surface area contributed by atoms with Gasteiger partial charge in [-0.2, -0.15) is 0 Å². The average molecular weight is 343 g/mol. The lowest BCUT2D eigenvalue weighted by Crippen LogP contribution is -2.50. The largest absolute Gasteiger partial charge is 0.352 e. The summed E-state index contributed by atoms with van der Waals surface area (Å²) in [7, 11) is 0. The van der Waals surface area contributed by atoms with Crippen LogP contribution in [0.15, 0.2) is 12.3 Å². The van der Waals surface area contributed by atoms with Gasteiger partial charge in [-0.1, -0.05) is 23.2 Å². The van der Waals surface area contributed by atoms with Crippen LogP contribution in [-0.2, 0) is 4.79 Å². The van der Waals surface area contributed by atoms with Crippen LogP contribution >= 0.6 is 23.2 Å². The van der Waals surface area contributed by atoms with Gasteiger partial charge >= 0.3 is 0 Å². The summed E-state index contributed by atoms with van der Waals surface area (Å²) in [5.74, 6) is 1.10. The van der Waals surface area contributed by atoms with Gasteiger partial charge in [0.05, 0.1) is 10.0 Å². The fraction of sp³-hybridized carbons (Fsp3) is 0.600. The van der Waals surface area contributed by atoms with Crippen LogP contribution in [0.3, 0.4) is 0 Å². The lowest BCUT2D eigenvalue weighted by molar-refractivity contribution is -0.135. The third-order valence-corrected chi connectivity index (χ3v) is 4.99. The molecule has 2 aliphatic rings. The van der Waals surface area contributed by atoms with E-state index in [1.807, 2.05) is 4.90 Å². The lowest BCUT2D eigenvalue weighted by Gasteiger charge is -2.36. The van der Waals surface area contributed by atoms with Crippen molar-refractivity contribution < 1.29 is 4.79 Å². The number of anilines is 1. The van der Waals surface area contributed by atoms with E-state index < -0.39 is 0 Å². The number of piperazine rings is 1. The van der Waals surface area contributed by atoms with Gasteiger partial charge in [-0.15, -0.1) is 0 Å². The van der Waals surface area contributed by atoms with Crippen molar-refractivity contribution in [2.75, 3.05) is 31.1 Å². The monoisotopic (exact) mass is 342 g/mol. The minimum absolute atomic E-state index is 0.110. The Bertz CT molecular complexity index is 560. The fourth-order valence-electron chi connectivity index (χ4n) is 3.28. The molecule has 120 valence electrons. The summed E-state index contributed by atoms with van der Waals surface area (Å²) in [6.07, 6.45) is 4.30. The van der Waals surface area contributed by atoms with E-state index in [4.69, 9.17) is 28.9 Å². The highest BCUT2D eigenvalue weighted by atomic mass is 35.5. The Morgan fingerprint density at radius 1 is 1.23 bits per heavy atom. The zero-order chi connectivity index (χ0) is 15.7. The topological polar surface area (TPSA) is 62.5 Å². The molecule has 1 amide bonds. The van der Waals surface area contributed by atoms with E-state index in [9.17, 15) is 4.79 Å². The Balaban J connectivity index is 1.59. The SMILES string of the molecule is NC1CCC(C(=O)N2CCN(c3ncc(Cl)cc3Cl)CC2)C1. The summed E-state index contributed by atoms with van der Waals surface area (Å²) < 4.78 is 0. The number of carbonyl (C=O) groups excluding carboxylic acids is 1. The van der Waals surface area contributed by atoms with E-state index >= 15 is 0 Å². The molecule has 2 atom stereocenters. The number of nitrogens with zero attached hydrogens (tertiary/aromatic N) is 3. The van der Waals surface area contributed by atoms with E-state index in [1.165, 1.54) is 0 Å². The number of hydrogen-bond donors (Lipinski definition) is 1. The van der Waals surface area contributed by atoms with Gasteiger partial charge in [0.2, 0.25) is 5.91 Å². The molecule has 2 heterocycles. The standard InChI is InChI=1S/C15H20Cl2N4O/c16-11-8-13(17)14(19-9-11)20-3-5-21(6-4-20)15(22)10-1-2-12(18)7-10/h8-10,12H,1-7,18H2. The van der Waals surface area contributed by atoms with E-state index in [2.05, 4.69) is 9.88 Å². The second-order valence-electron chi connectivity index (χ2n) is 6.04. The molecule has 5 nitrogen and oxygen atoms in total. The predicted molar refractivity (Wildman–Crippen MR) is 88.4 cm³/mol. The summed E-state index contributed by atoms with van der Waals surface area (Å²) in [5, 5.41) is 1.08. The third-order valence-electron chi connectivity index (χ3n) is 4.50. The number of amides is 1. The molecular weight excluding hydrogens is 323 g/mol. The second-order valence-corrected chi connectivity index (χ2v) is 6.88. The van der Waals surface area contributed by atoms with Crippen LogP contribution in [0.5, 0.6) is 0 Å². The molecule has 1 saturated carbocycles. The Morgan fingerprint density at radius 2 is 1.95 bits per heavy atom. The zero-order valence-corrected chi connectivity index (χ0v) is 13.9. The van der Waals surface area contributed by atoms with Gasteiger partial charge in [0.25, 0.3) is 0 Å². The molecule has 22 heavy (non-hydrogen) atoms. The van der Waals surface area contributed by atoms with Crippen LogP contribution in [0.4, 0.5) is 5.82 Å². The highest BCUT2D eigenvalue weighted by Crippen LogP contribution is 2.29. The van der Waals surface area contributed by atoms with Crippen molar-refractivity contribution in [3.05, 3.63) is 22.3 Å². The Labute approximate surface area is 140 Å². The number of rotatable bonds is 2. The lowest BCUT2D eigenvalue weighted by atomic mass is 10.1. The van der Waals surface area contributed by atoms with Crippen molar-refractivity contribution >= 4 is 34.9 Å². The predicted octanol–water partition coefficient (Wildman–Crippen LogP) is 2.16. The zero-order valence-electron chi connectivity index (χ0n) is 12.3. The normalized spacial score (nSPS) is 25.6. The molecule has 1 aromatic heterocycles. The van der Waals surface area contributed by atoms with Crippen molar-refractivity contribution in [1.82, 2.24) is 9.88 Å². The van der Waals surface area contributed by atoms with Crippen molar-refractivity contribution in [2.24, 2.45) is 11.7 Å². The number of aromatic nitrogens is 1.